The van der Waals surface area contributed by atoms with Crippen LogP contribution < -0.4 is 4.90 Å². The molecule has 0 aromatic carbocycles. The number of halogens is 1. The van der Waals surface area contributed by atoms with E-state index in [0.29, 0.717) is 16.8 Å². The molecule has 0 bridgehead atoms. The molecule has 5 heteroatoms. The molecule has 1 aromatic rings. The molecule has 1 unspecified atom stereocenters. The number of aromatic nitrogens is 1. The first-order valence-electron chi connectivity index (χ1n) is 5.87. The molecule has 2 rings (SSSR count). The summed E-state index contributed by atoms with van der Waals surface area (Å²) in [4.78, 5) is 6.62. The minimum atomic E-state index is -0.131. The highest BCUT2D eigenvalue weighted by Crippen LogP contribution is 2.23. The highest BCUT2D eigenvalue weighted by molar-refractivity contribution is 6.31. The van der Waals surface area contributed by atoms with Crippen LogP contribution in [0.25, 0.3) is 0 Å². The molecule has 1 aliphatic rings. The fourth-order valence-corrected chi connectivity index (χ4v) is 2.20. The number of aliphatic hydroxyl groups is 1. The molecule has 2 heterocycles. The average molecular weight is 257 g/mol. The maximum absolute atomic E-state index is 9.17. The molecule has 0 saturated carbocycles. The fourth-order valence-electron chi connectivity index (χ4n) is 2.04. The van der Waals surface area contributed by atoms with Crippen LogP contribution in [0.15, 0.2) is 12.1 Å². The number of anilines is 1. The highest BCUT2D eigenvalue weighted by Gasteiger charge is 2.23. The summed E-state index contributed by atoms with van der Waals surface area (Å²) in [5.74, 6) is 0.869. The summed E-state index contributed by atoms with van der Waals surface area (Å²) in [7, 11) is 0. The largest absolute Gasteiger partial charge is 0.390 e. The Morgan fingerprint density at radius 3 is 3.12 bits per heavy atom. The lowest BCUT2D eigenvalue weighted by atomic mass is 10.1. The molecule has 17 heavy (non-hydrogen) atoms. The molecule has 1 fully saturated rings. The second kappa shape index (κ2) is 5.67. The van der Waals surface area contributed by atoms with Crippen molar-refractivity contribution < 1.29 is 9.84 Å². The number of hydrogen-bond acceptors (Lipinski definition) is 4. The predicted octanol–water partition coefficient (Wildman–Crippen LogP) is 1.84. The number of nitrogens with zero attached hydrogens (tertiary/aromatic N) is 2. The van der Waals surface area contributed by atoms with E-state index in [0.717, 1.165) is 32.0 Å². The number of hydrogen-bond donors (Lipinski definition) is 1. The molecule has 1 aliphatic heterocycles. The van der Waals surface area contributed by atoms with Crippen LogP contribution in [-0.2, 0) is 11.3 Å². The Balaban J connectivity index is 2.25. The summed E-state index contributed by atoms with van der Waals surface area (Å²) >= 11 is 5.94. The van der Waals surface area contributed by atoms with E-state index in [1.807, 2.05) is 6.07 Å². The maximum atomic E-state index is 9.17. The minimum Gasteiger partial charge on any atom is -0.390 e. The van der Waals surface area contributed by atoms with Crippen molar-refractivity contribution in [2.75, 3.05) is 24.7 Å². The van der Waals surface area contributed by atoms with Crippen LogP contribution in [0.2, 0.25) is 5.02 Å². The van der Waals surface area contributed by atoms with Crippen molar-refractivity contribution in [1.82, 2.24) is 4.98 Å². The van der Waals surface area contributed by atoms with E-state index >= 15 is 0 Å². The number of ether oxygens (including phenoxy) is 1. The number of rotatable bonds is 3. The van der Waals surface area contributed by atoms with Gasteiger partial charge in [0.2, 0.25) is 0 Å². The Kier molecular flexibility index (Phi) is 4.20. The van der Waals surface area contributed by atoms with E-state index < -0.39 is 0 Å². The summed E-state index contributed by atoms with van der Waals surface area (Å²) in [5.41, 5.74) is 0.533. The molecule has 0 spiro atoms. The van der Waals surface area contributed by atoms with E-state index in [4.69, 9.17) is 16.3 Å². The van der Waals surface area contributed by atoms with Crippen LogP contribution >= 0.6 is 11.6 Å². The van der Waals surface area contributed by atoms with Gasteiger partial charge in [0, 0.05) is 6.54 Å². The van der Waals surface area contributed by atoms with E-state index in [2.05, 4.69) is 16.8 Å². The Labute approximate surface area is 106 Å². The van der Waals surface area contributed by atoms with Gasteiger partial charge in [0.25, 0.3) is 0 Å². The summed E-state index contributed by atoms with van der Waals surface area (Å²) in [6.07, 6.45) is 1.01. The van der Waals surface area contributed by atoms with Gasteiger partial charge >= 0.3 is 0 Å². The first-order valence-corrected chi connectivity index (χ1v) is 6.24. The standard InChI is InChI=1S/C12H17ClN2O2/c1-2-9-8-17-6-5-15(9)12-4-3-10(13)11(7-16)14-12/h3-4,9,16H,2,5-8H2,1H3. The van der Waals surface area contributed by atoms with E-state index in [9.17, 15) is 5.11 Å². The summed E-state index contributed by atoms with van der Waals surface area (Å²) in [6, 6.07) is 4.04. The first-order chi connectivity index (χ1) is 8.26. The van der Waals surface area contributed by atoms with Crippen molar-refractivity contribution in [3.05, 3.63) is 22.8 Å². The van der Waals surface area contributed by atoms with E-state index in [1.165, 1.54) is 0 Å². The van der Waals surface area contributed by atoms with Crippen LogP contribution in [0, 0.1) is 0 Å². The third-order valence-corrected chi connectivity index (χ3v) is 3.39. The van der Waals surface area contributed by atoms with Crippen molar-refractivity contribution in [3.8, 4) is 0 Å². The second-order valence-corrected chi connectivity index (χ2v) is 4.49. The summed E-state index contributed by atoms with van der Waals surface area (Å²) in [6.45, 7) is 4.28. The molecule has 1 aromatic heterocycles. The third kappa shape index (κ3) is 2.70. The van der Waals surface area contributed by atoms with Crippen molar-refractivity contribution >= 4 is 17.4 Å². The highest BCUT2D eigenvalue weighted by atomic mass is 35.5. The Morgan fingerprint density at radius 1 is 1.59 bits per heavy atom. The van der Waals surface area contributed by atoms with Gasteiger partial charge < -0.3 is 14.7 Å². The fraction of sp³-hybridized carbons (Fsp3) is 0.583. The van der Waals surface area contributed by atoms with Crippen LogP contribution in [0.3, 0.4) is 0 Å². The molecule has 1 atom stereocenters. The van der Waals surface area contributed by atoms with Crippen molar-refractivity contribution in [2.45, 2.75) is 26.0 Å². The number of aliphatic hydroxyl groups excluding tert-OH is 1. The zero-order chi connectivity index (χ0) is 12.3. The van der Waals surface area contributed by atoms with Crippen LogP contribution in [-0.4, -0.2) is 35.9 Å². The normalized spacial score (nSPS) is 20.6. The Bertz CT molecular complexity index is 387. The molecule has 1 saturated heterocycles. The van der Waals surface area contributed by atoms with Gasteiger partial charge in [0.15, 0.2) is 0 Å². The van der Waals surface area contributed by atoms with E-state index in [1.54, 1.807) is 6.07 Å². The minimum absolute atomic E-state index is 0.131. The molecule has 4 nitrogen and oxygen atoms in total. The van der Waals surface area contributed by atoms with Crippen LogP contribution in [0.1, 0.15) is 19.0 Å². The second-order valence-electron chi connectivity index (χ2n) is 4.09. The van der Waals surface area contributed by atoms with Gasteiger partial charge in [-0.2, -0.15) is 0 Å². The quantitative estimate of drug-likeness (QED) is 0.897. The van der Waals surface area contributed by atoms with Gasteiger partial charge in [-0.3, -0.25) is 0 Å². The molecule has 0 amide bonds. The van der Waals surface area contributed by atoms with Crippen LogP contribution in [0.4, 0.5) is 5.82 Å². The molecular formula is C12H17ClN2O2. The van der Waals surface area contributed by atoms with Gasteiger partial charge in [-0.25, -0.2) is 4.98 Å². The smallest absolute Gasteiger partial charge is 0.129 e. The Hall–Kier alpha value is -0.840. The predicted molar refractivity (Wildman–Crippen MR) is 67.4 cm³/mol. The molecule has 1 N–H and O–H groups in total. The Morgan fingerprint density at radius 2 is 2.41 bits per heavy atom. The SMILES string of the molecule is CCC1COCCN1c1ccc(Cl)c(CO)n1. The van der Waals surface area contributed by atoms with Gasteiger partial charge in [-0.05, 0) is 18.6 Å². The van der Waals surface area contributed by atoms with Gasteiger partial charge in [-0.1, -0.05) is 18.5 Å². The lowest BCUT2D eigenvalue weighted by Crippen LogP contribution is -2.45. The molecule has 0 aliphatic carbocycles. The summed E-state index contributed by atoms with van der Waals surface area (Å²) in [5, 5.41) is 9.69. The monoisotopic (exact) mass is 256 g/mol. The van der Waals surface area contributed by atoms with Crippen LogP contribution in [0.5, 0.6) is 0 Å². The molecule has 94 valence electrons. The number of pyridine rings is 1. The van der Waals surface area contributed by atoms with Crippen molar-refractivity contribution in [3.63, 3.8) is 0 Å². The summed E-state index contributed by atoms with van der Waals surface area (Å²) < 4.78 is 5.46. The lowest BCUT2D eigenvalue weighted by molar-refractivity contribution is 0.0925. The zero-order valence-electron chi connectivity index (χ0n) is 9.90. The van der Waals surface area contributed by atoms with Crippen molar-refractivity contribution in [1.29, 1.82) is 0 Å². The first kappa shape index (κ1) is 12.6. The molecular weight excluding hydrogens is 240 g/mol. The zero-order valence-corrected chi connectivity index (χ0v) is 10.7. The topological polar surface area (TPSA) is 45.6 Å². The van der Waals surface area contributed by atoms with Gasteiger partial charge in [0.1, 0.15) is 5.82 Å². The average Bonchev–Trinajstić information content (AvgIpc) is 2.39. The third-order valence-electron chi connectivity index (χ3n) is 3.05. The van der Waals surface area contributed by atoms with Crippen molar-refractivity contribution in [2.24, 2.45) is 0 Å². The molecule has 0 radical (unpaired) electrons. The van der Waals surface area contributed by atoms with Gasteiger partial charge in [-0.15, -0.1) is 0 Å². The van der Waals surface area contributed by atoms with E-state index in [-0.39, 0.29) is 6.61 Å². The van der Waals surface area contributed by atoms with Gasteiger partial charge in [0.05, 0.1) is 36.6 Å². The lowest BCUT2D eigenvalue weighted by Gasteiger charge is -2.36. The number of morpholine rings is 1. The maximum Gasteiger partial charge on any atom is 0.129 e.